The topological polar surface area (TPSA) is 41.3 Å². The van der Waals surface area contributed by atoms with Crippen molar-refractivity contribution in [3.8, 4) is 0 Å². The number of aromatic nitrogens is 2. The van der Waals surface area contributed by atoms with Gasteiger partial charge in [0, 0.05) is 40.4 Å². The quantitative estimate of drug-likeness (QED) is 0.407. The fraction of sp³-hybridized carbons (Fsp3) is 0.115. The lowest BCUT2D eigenvalue weighted by Crippen LogP contribution is -2.09. The Bertz CT molecular complexity index is 1300. The summed E-state index contributed by atoms with van der Waals surface area (Å²) in [5.74, 6) is 0. The van der Waals surface area contributed by atoms with Crippen molar-refractivity contribution in [1.29, 1.82) is 0 Å². The van der Waals surface area contributed by atoms with Crippen LogP contribution in [0.2, 0.25) is 0 Å². The van der Waals surface area contributed by atoms with Gasteiger partial charge in [-0.25, -0.2) is 0 Å². The van der Waals surface area contributed by atoms with E-state index in [1.807, 2.05) is 25.1 Å². The maximum absolute atomic E-state index is 9.66. The first-order valence-electron chi connectivity index (χ1n) is 10.1. The van der Waals surface area contributed by atoms with Gasteiger partial charge in [-0.05, 0) is 55.5 Å². The number of aliphatic hydroxyl groups is 1. The van der Waals surface area contributed by atoms with E-state index in [9.17, 15) is 5.11 Å². The molecule has 0 bridgehead atoms. The third-order valence-corrected chi connectivity index (χ3v) is 5.64. The molecule has 5 rings (SSSR count). The Morgan fingerprint density at radius 2 is 1.43 bits per heavy atom. The second kappa shape index (κ2) is 7.32. The monoisotopic (exact) mass is 393 g/mol. The molecule has 2 heterocycles. The summed E-state index contributed by atoms with van der Waals surface area (Å²) in [7, 11) is 2.07. The molecule has 30 heavy (non-hydrogen) atoms. The Morgan fingerprint density at radius 1 is 0.800 bits per heavy atom. The zero-order valence-electron chi connectivity index (χ0n) is 17.1. The Balaban J connectivity index is 1.79. The maximum Gasteiger partial charge on any atom is 0.0853 e. The highest BCUT2D eigenvalue weighted by molar-refractivity contribution is 6.10. The molecule has 148 valence electrons. The SMILES string of the molecule is Cc1nc(CO)cc2c3cc(N(c4ccccc4)c4ccccc4)ccc3n(C)c12. The molecule has 0 aliphatic carbocycles. The Labute approximate surface area is 175 Å². The van der Waals surface area contributed by atoms with Crippen LogP contribution in [0.25, 0.3) is 21.8 Å². The molecule has 0 aliphatic heterocycles. The molecule has 2 aromatic heterocycles. The van der Waals surface area contributed by atoms with Crippen molar-refractivity contribution in [2.45, 2.75) is 13.5 Å². The van der Waals surface area contributed by atoms with Gasteiger partial charge in [-0.2, -0.15) is 0 Å². The third kappa shape index (κ3) is 2.93. The van der Waals surface area contributed by atoms with E-state index in [0.717, 1.165) is 44.6 Å². The second-order valence-corrected chi connectivity index (χ2v) is 7.52. The molecule has 0 saturated carbocycles. The van der Waals surface area contributed by atoms with Crippen molar-refractivity contribution in [2.75, 3.05) is 4.90 Å². The summed E-state index contributed by atoms with van der Waals surface area (Å²) in [4.78, 5) is 6.81. The van der Waals surface area contributed by atoms with Crippen molar-refractivity contribution < 1.29 is 5.11 Å². The van der Waals surface area contributed by atoms with Crippen molar-refractivity contribution in [3.63, 3.8) is 0 Å². The van der Waals surface area contributed by atoms with Crippen LogP contribution in [-0.4, -0.2) is 14.7 Å². The molecule has 0 radical (unpaired) electrons. The van der Waals surface area contributed by atoms with Gasteiger partial charge < -0.3 is 14.6 Å². The largest absolute Gasteiger partial charge is 0.390 e. The van der Waals surface area contributed by atoms with Gasteiger partial charge in [-0.3, -0.25) is 4.98 Å². The predicted molar refractivity (Wildman–Crippen MR) is 124 cm³/mol. The molecule has 4 heteroatoms. The number of hydrogen-bond donors (Lipinski definition) is 1. The van der Waals surface area contributed by atoms with Gasteiger partial charge in [0.15, 0.2) is 0 Å². The van der Waals surface area contributed by atoms with Crippen LogP contribution in [0, 0.1) is 6.92 Å². The summed E-state index contributed by atoms with van der Waals surface area (Å²) in [5, 5.41) is 11.9. The molecule has 4 nitrogen and oxygen atoms in total. The first-order chi connectivity index (χ1) is 14.7. The lowest BCUT2D eigenvalue weighted by atomic mass is 10.1. The standard InChI is InChI=1S/C26H23N3O/c1-18-26-24(15-19(17-30)27-18)23-16-22(13-14-25(23)28(26)2)29(20-9-5-3-6-10-20)21-11-7-4-8-12-21/h3-16,30H,17H2,1-2H3. The van der Waals surface area contributed by atoms with Crippen LogP contribution < -0.4 is 4.90 Å². The number of hydrogen-bond acceptors (Lipinski definition) is 3. The highest BCUT2D eigenvalue weighted by Gasteiger charge is 2.17. The fourth-order valence-electron chi connectivity index (χ4n) is 4.33. The summed E-state index contributed by atoms with van der Waals surface area (Å²) >= 11 is 0. The molecule has 1 N–H and O–H groups in total. The Hall–Kier alpha value is -3.63. The first kappa shape index (κ1) is 18.4. The number of rotatable bonds is 4. The van der Waals surface area contributed by atoms with Crippen molar-refractivity contribution in [2.24, 2.45) is 7.05 Å². The van der Waals surface area contributed by atoms with Crippen LogP contribution in [0.15, 0.2) is 84.9 Å². The molecular formula is C26H23N3O. The second-order valence-electron chi connectivity index (χ2n) is 7.52. The van der Waals surface area contributed by atoms with E-state index < -0.39 is 0 Å². The number of nitrogens with zero attached hydrogens (tertiary/aromatic N) is 3. The van der Waals surface area contributed by atoms with Gasteiger partial charge in [0.2, 0.25) is 0 Å². The fourth-order valence-corrected chi connectivity index (χ4v) is 4.33. The molecule has 0 spiro atoms. The van der Waals surface area contributed by atoms with Gasteiger partial charge in [-0.1, -0.05) is 36.4 Å². The van der Waals surface area contributed by atoms with Crippen LogP contribution in [0.3, 0.4) is 0 Å². The molecule has 0 atom stereocenters. The number of aliphatic hydroxyl groups excluding tert-OH is 1. The number of anilines is 3. The van der Waals surface area contributed by atoms with E-state index in [1.165, 1.54) is 0 Å². The summed E-state index contributed by atoms with van der Waals surface area (Å²) in [6.07, 6.45) is 0. The normalized spacial score (nSPS) is 11.3. The maximum atomic E-state index is 9.66. The molecule has 0 unspecified atom stereocenters. The molecular weight excluding hydrogens is 370 g/mol. The Morgan fingerprint density at radius 3 is 2.03 bits per heavy atom. The molecule has 0 fully saturated rings. The predicted octanol–water partition coefficient (Wildman–Crippen LogP) is 6.00. The van der Waals surface area contributed by atoms with E-state index in [1.54, 1.807) is 0 Å². The van der Waals surface area contributed by atoms with E-state index in [4.69, 9.17) is 0 Å². The zero-order chi connectivity index (χ0) is 20.7. The minimum atomic E-state index is -0.0625. The van der Waals surface area contributed by atoms with Crippen LogP contribution >= 0.6 is 0 Å². The van der Waals surface area contributed by atoms with Gasteiger partial charge in [0.05, 0.1) is 23.5 Å². The van der Waals surface area contributed by atoms with Crippen LogP contribution in [0.1, 0.15) is 11.4 Å². The number of benzene rings is 3. The van der Waals surface area contributed by atoms with Crippen molar-refractivity contribution in [1.82, 2.24) is 9.55 Å². The first-order valence-corrected chi connectivity index (χ1v) is 10.1. The molecule has 0 saturated heterocycles. The summed E-state index contributed by atoms with van der Waals surface area (Å²) in [6, 6.07) is 29.4. The van der Waals surface area contributed by atoms with E-state index in [-0.39, 0.29) is 6.61 Å². The van der Waals surface area contributed by atoms with E-state index in [2.05, 4.69) is 88.2 Å². The van der Waals surface area contributed by atoms with Crippen LogP contribution in [-0.2, 0) is 13.7 Å². The zero-order valence-corrected chi connectivity index (χ0v) is 17.1. The number of pyridine rings is 1. The number of para-hydroxylation sites is 2. The molecule has 0 aliphatic rings. The van der Waals surface area contributed by atoms with Crippen LogP contribution in [0.5, 0.6) is 0 Å². The van der Waals surface area contributed by atoms with Gasteiger partial charge in [0.1, 0.15) is 0 Å². The molecule has 5 aromatic rings. The summed E-state index contributed by atoms with van der Waals surface area (Å²) < 4.78 is 2.19. The van der Waals surface area contributed by atoms with Gasteiger partial charge >= 0.3 is 0 Å². The summed E-state index contributed by atoms with van der Waals surface area (Å²) in [6.45, 7) is 1.94. The number of fused-ring (bicyclic) bond motifs is 3. The smallest absolute Gasteiger partial charge is 0.0853 e. The lowest BCUT2D eigenvalue weighted by molar-refractivity contribution is 0.277. The minimum absolute atomic E-state index is 0.0625. The van der Waals surface area contributed by atoms with E-state index >= 15 is 0 Å². The average molecular weight is 393 g/mol. The summed E-state index contributed by atoms with van der Waals surface area (Å²) in [5.41, 5.74) is 7.18. The van der Waals surface area contributed by atoms with E-state index in [0.29, 0.717) is 5.69 Å². The third-order valence-electron chi connectivity index (χ3n) is 5.64. The van der Waals surface area contributed by atoms with Gasteiger partial charge in [0.25, 0.3) is 0 Å². The Kier molecular flexibility index (Phi) is 4.49. The highest BCUT2D eigenvalue weighted by atomic mass is 16.3. The van der Waals surface area contributed by atoms with Crippen molar-refractivity contribution in [3.05, 3.63) is 96.3 Å². The number of aryl methyl sites for hydroxylation is 2. The highest BCUT2D eigenvalue weighted by Crippen LogP contribution is 2.38. The van der Waals surface area contributed by atoms with Gasteiger partial charge in [-0.15, -0.1) is 0 Å². The van der Waals surface area contributed by atoms with Crippen LogP contribution in [0.4, 0.5) is 17.1 Å². The van der Waals surface area contributed by atoms with Crippen molar-refractivity contribution >= 4 is 38.9 Å². The molecule has 0 amide bonds. The molecule has 3 aromatic carbocycles. The average Bonchev–Trinajstić information content (AvgIpc) is 3.07. The lowest BCUT2D eigenvalue weighted by Gasteiger charge is -2.25. The minimum Gasteiger partial charge on any atom is -0.390 e.